The van der Waals surface area contributed by atoms with Gasteiger partial charge in [-0.25, -0.2) is 4.98 Å². The Balaban J connectivity index is 1.43. The fourth-order valence-corrected chi connectivity index (χ4v) is 2.91. The molecule has 0 saturated heterocycles. The highest BCUT2D eigenvalue weighted by molar-refractivity contribution is 5.80. The summed E-state index contributed by atoms with van der Waals surface area (Å²) in [5.74, 6) is 0.0390. The van der Waals surface area contributed by atoms with Gasteiger partial charge in [0.05, 0.1) is 17.2 Å². The Labute approximate surface area is 160 Å². The number of esters is 1. The SMILES string of the molecule is Cc1cccc2c(=O)n(CC(=O)OCc3cc(-c4ccccc4)on3)cnc12. The number of benzene rings is 2. The van der Waals surface area contributed by atoms with E-state index in [4.69, 9.17) is 9.26 Å². The van der Waals surface area contributed by atoms with Gasteiger partial charge in [0.1, 0.15) is 18.8 Å². The van der Waals surface area contributed by atoms with E-state index < -0.39 is 5.97 Å². The van der Waals surface area contributed by atoms with Crippen molar-refractivity contribution in [1.82, 2.24) is 14.7 Å². The molecule has 0 fully saturated rings. The number of rotatable bonds is 5. The number of para-hydroxylation sites is 1. The van der Waals surface area contributed by atoms with Crippen LogP contribution in [0.1, 0.15) is 11.3 Å². The Morgan fingerprint density at radius 1 is 1.14 bits per heavy atom. The molecule has 0 bridgehead atoms. The summed E-state index contributed by atoms with van der Waals surface area (Å²) in [6.45, 7) is 1.62. The number of fused-ring (bicyclic) bond motifs is 1. The van der Waals surface area contributed by atoms with E-state index >= 15 is 0 Å². The minimum Gasteiger partial charge on any atom is -0.458 e. The van der Waals surface area contributed by atoms with E-state index in [9.17, 15) is 9.59 Å². The third kappa shape index (κ3) is 3.55. The van der Waals surface area contributed by atoms with Crippen LogP contribution in [0.2, 0.25) is 0 Å². The number of aryl methyl sites for hydroxylation is 1. The molecule has 0 aliphatic carbocycles. The fraction of sp³-hybridized carbons (Fsp3) is 0.143. The quantitative estimate of drug-likeness (QED) is 0.498. The van der Waals surface area contributed by atoms with Crippen LogP contribution >= 0.6 is 0 Å². The predicted octanol–water partition coefficient (Wildman–Crippen LogP) is 3.10. The lowest BCUT2D eigenvalue weighted by Gasteiger charge is -2.07. The summed E-state index contributed by atoms with van der Waals surface area (Å²) in [6.07, 6.45) is 1.36. The number of ether oxygens (including phenoxy) is 1. The number of hydrogen-bond donors (Lipinski definition) is 0. The first kappa shape index (κ1) is 17.7. The topological polar surface area (TPSA) is 87.2 Å². The highest BCUT2D eigenvalue weighted by Gasteiger charge is 2.12. The largest absolute Gasteiger partial charge is 0.458 e. The monoisotopic (exact) mass is 375 g/mol. The van der Waals surface area contributed by atoms with Crippen LogP contribution in [0.5, 0.6) is 0 Å². The zero-order valence-corrected chi connectivity index (χ0v) is 15.2. The normalized spacial score (nSPS) is 10.9. The van der Waals surface area contributed by atoms with Gasteiger partial charge in [-0.15, -0.1) is 0 Å². The lowest BCUT2D eigenvalue weighted by Crippen LogP contribution is -2.25. The molecule has 0 aliphatic rings. The molecule has 0 unspecified atom stereocenters. The molecular weight excluding hydrogens is 358 g/mol. The minimum absolute atomic E-state index is 0.0377. The number of nitrogens with zero attached hydrogens (tertiary/aromatic N) is 3. The van der Waals surface area contributed by atoms with Crippen LogP contribution in [0.4, 0.5) is 0 Å². The molecule has 2 aromatic carbocycles. The summed E-state index contributed by atoms with van der Waals surface area (Å²) in [5, 5.41) is 4.38. The summed E-state index contributed by atoms with van der Waals surface area (Å²) < 4.78 is 11.7. The predicted molar refractivity (Wildman–Crippen MR) is 102 cm³/mol. The highest BCUT2D eigenvalue weighted by atomic mass is 16.5. The zero-order valence-electron chi connectivity index (χ0n) is 15.2. The van der Waals surface area contributed by atoms with E-state index in [-0.39, 0.29) is 18.7 Å². The molecule has 7 nitrogen and oxygen atoms in total. The van der Waals surface area contributed by atoms with Crippen molar-refractivity contribution in [2.24, 2.45) is 0 Å². The van der Waals surface area contributed by atoms with Crippen molar-refractivity contribution in [2.45, 2.75) is 20.1 Å². The molecular formula is C21H17N3O4. The van der Waals surface area contributed by atoms with Crippen molar-refractivity contribution in [3.8, 4) is 11.3 Å². The van der Waals surface area contributed by atoms with Crippen molar-refractivity contribution < 1.29 is 14.1 Å². The Kier molecular flexibility index (Phi) is 4.72. The molecule has 0 spiro atoms. The fourth-order valence-electron chi connectivity index (χ4n) is 2.91. The maximum Gasteiger partial charge on any atom is 0.326 e. The highest BCUT2D eigenvalue weighted by Crippen LogP contribution is 2.20. The van der Waals surface area contributed by atoms with Crippen LogP contribution in [0, 0.1) is 6.92 Å². The summed E-state index contributed by atoms with van der Waals surface area (Å²) in [4.78, 5) is 29.0. The van der Waals surface area contributed by atoms with E-state index in [2.05, 4.69) is 10.1 Å². The van der Waals surface area contributed by atoms with Crippen molar-refractivity contribution in [3.63, 3.8) is 0 Å². The second-order valence-electron chi connectivity index (χ2n) is 6.36. The summed E-state index contributed by atoms with van der Waals surface area (Å²) >= 11 is 0. The second-order valence-corrected chi connectivity index (χ2v) is 6.36. The van der Waals surface area contributed by atoms with Gasteiger partial charge in [0, 0.05) is 11.6 Å². The van der Waals surface area contributed by atoms with Crippen LogP contribution in [0.15, 0.2) is 70.2 Å². The lowest BCUT2D eigenvalue weighted by atomic mass is 10.1. The first-order chi connectivity index (χ1) is 13.6. The first-order valence-corrected chi connectivity index (χ1v) is 8.73. The summed E-state index contributed by atoms with van der Waals surface area (Å²) in [6, 6.07) is 16.6. The lowest BCUT2D eigenvalue weighted by molar-refractivity contribution is -0.145. The number of hydrogen-bond acceptors (Lipinski definition) is 6. The molecule has 0 aliphatic heterocycles. The minimum atomic E-state index is -0.555. The average Bonchev–Trinajstić information content (AvgIpc) is 3.19. The van der Waals surface area contributed by atoms with Crippen molar-refractivity contribution in [1.29, 1.82) is 0 Å². The standard InChI is InChI=1S/C21H17N3O4/c1-14-6-5-9-17-20(14)22-13-24(21(17)26)11-19(25)27-12-16-10-18(28-23-16)15-7-3-2-4-8-15/h2-10,13H,11-12H2,1H3. The van der Waals surface area contributed by atoms with E-state index in [0.29, 0.717) is 22.4 Å². The molecule has 4 rings (SSSR count). The molecule has 0 radical (unpaired) electrons. The van der Waals surface area contributed by atoms with Crippen LogP contribution in [-0.2, 0) is 22.7 Å². The van der Waals surface area contributed by atoms with Gasteiger partial charge in [-0.05, 0) is 18.6 Å². The molecule has 2 heterocycles. The van der Waals surface area contributed by atoms with Gasteiger partial charge < -0.3 is 9.26 Å². The van der Waals surface area contributed by atoms with Crippen LogP contribution in [0.3, 0.4) is 0 Å². The van der Waals surface area contributed by atoms with Gasteiger partial charge in [-0.3, -0.25) is 14.2 Å². The Morgan fingerprint density at radius 2 is 1.96 bits per heavy atom. The molecule has 7 heteroatoms. The molecule has 0 saturated carbocycles. The first-order valence-electron chi connectivity index (χ1n) is 8.73. The van der Waals surface area contributed by atoms with Gasteiger partial charge in [0.25, 0.3) is 5.56 Å². The second kappa shape index (κ2) is 7.48. The maximum atomic E-state index is 12.5. The van der Waals surface area contributed by atoms with E-state index in [1.54, 1.807) is 18.2 Å². The maximum absolute atomic E-state index is 12.5. The van der Waals surface area contributed by atoms with Crippen LogP contribution < -0.4 is 5.56 Å². The summed E-state index contributed by atoms with van der Waals surface area (Å²) in [5.41, 5.74) is 2.64. The van der Waals surface area contributed by atoms with Crippen LogP contribution in [0.25, 0.3) is 22.2 Å². The molecule has 2 aromatic heterocycles. The van der Waals surface area contributed by atoms with Crippen LogP contribution in [-0.4, -0.2) is 20.7 Å². The smallest absolute Gasteiger partial charge is 0.326 e. The number of aromatic nitrogens is 3. The average molecular weight is 375 g/mol. The molecule has 0 N–H and O–H groups in total. The molecule has 4 aromatic rings. The third-order valence-electron chi connectivity index (χ3n) is 4.35. The van der Waals surface area contributed by atoms with Gasteiger partial charge >= 0.3 is 5.97 Å². The third-order valence-corrected chi connectivity index (χ3v) is 4.35. The van der Waals surface area contributed by atoms with Crippen molar-refractivity contribution >= 4 is 16.9 Å². The molecule has 140 valence electrons. The summed E-state index contributed by atoms with van der Waals surface area (Å²) in [7, 11) is 0. The number of carbonyl (C=O) groups excluding carboxylic acids is 1. The van der Waals surface area contributed by atoms with Gasteiger partial charge in [0.15, 0.2) is 5.76 Å². The van der Waals surface area contributed by atoms with Gasteiger partial charge in [-0.2, -0.15) is 0 Å². The Hall–Kier alpha value is -3.74. The Bertz CT molecular complexity index is 1200. The van der Waals surface area contributed by atoms with Crippen molar-refractivity contribution in [3.05, 3.63) is 82.5 Å². The zero-order chi connectivity index (χ0) is 19.5. The van der Waals surface area contributed by atoms with Gasteiger partial charge in [-0.1, -0.05) is 47.6 Å². The number of carbonyl (C=O) groups is 1. The van der Waals surface area contributed by atoms with E-state index in [0.717, 1.165) is 11.1 Å². The molecule has 28 heavy (non-hydrogen) atoms. The van der Waals surface area contributed by atoms with E-state index in [1.807, 2.05) is 43.3 Å². The molecule has 0 atom stereocenters. The van der Waals surface area contributed by atoms with Crippen molar-refractivity contribution in [2.75, 3.05) is 0 Å². The van der Waals surface area contributed by atoms with E-state index in [1.165, 1.54) is 10.9 Å². The Morgan fingerprint density at radius 3 is 2.79 bits per heavy atom. The molecule has 0 amide bonds. The van der Waals surface area contributed by atoms with Gasteiger partial charge in [0.2, 0.25) is 0 Å².